The summed E-state index contributed by atoms with van der Waals surface area (Å²) in [7, 11) is 0. The molecule has 0 aliphatic carbocycles. The van der Waals surface area contributed by atoms with Crippen LogP contribution < -0.4 is 16.4 Å². The van der Waals surface area contributed by atoms with Gasteiger partial charge in [-0.2, -0.15) is 0 Å². The molecule has 1 aromatic rings. The first-order valence-electron chi connectivity index (χ1n) is 7.02. The van der Waals surface area contributed by atoms with E-state index in [1.165, 1.54) is 6.20 Å². The van der Waals surface area contributed by atoms with Gasteiger partial charge in [-0.25, -0.2) is 0 Å². The number of hydrogen-bond acceptors (Lipinski definition) is 5. The number of amides is 2. The summed E-state index contributed by atoms with van der Waals surface area (Å²) >= 11 is 0. The van der Waals surface area contributed by atoms with Crippen LogP contribution in [-0.2, 0) is 9.53 Å². The van der Waals surface area contributed by atoms with Crippen molar-refractivity contribution >= 4 is 11.8 Å². The molecular weight excluding hydrogens is 272 g/mol. The van der Waals surface area contributed by atoms with Crippen LogP contribution in [0.1, 0.15) is 23.2 Å². The summed E-state index contributed by atoms with van der Waals surface area (Å²) in [6.45, 7) is 1.15. The first-order valence-corrected chi connectivity index (χ1v) is 7.02. The van der Waals surface area contributed by atoms with E-state index in [0.717, 1.165) is 6.42 Å². The predicted octanol–water partition coefficient (Wildman–Crippen LogP) is -0.566. The van der Waals surface area contributed by atoms with E-state index in [1.54, 1.807) is 18.3 Å². The highest BCUT2D eigenvalue weighted by Crippen LogP contribution is 2.18. The molecule has 1 fully saturated rings. The van der Waals surface area contributed by atoms with E-state index >= 15 is 0 Å². The third-order valence-corrected chi connectivity index (χ3v) is 3.30. The van der Waals surface area contributed by atoms with Crippen molar-refractivity contribution in [2.45, 2.75) is 25.0 Å². The van der Waals surface area contributed by atoms with Gasteiger partial charge in [0, 0.05) is 32.0 Å². The van der Waals surface area contributed by atoms with Crippen LogP contribution >= 0.6 is 0 Å². The van der Waals surface area contributed by atoms with Crippen molar-refractivity contribution in [3.63, 3.8) is 0 Å². The van der Waals surface area contributed by atoms with E-state index in [0.29, 0.717) is 31.6 Å². The van der Waals surface area contributed by atoms with E-state index in [4.69, 9.17) is 10.5 Å². The molecule has 0 radical (unpaired) electrons. The van der Waals surface area contributed by atoms with E-state index in [9.17, 15) is 9.59 Å². The summed E-state index contributed by atoms with van der Waals surface area (Å²) < 4.78 is 5.49. The molecule has 0 unspecified atom stereocenters. The molecule has 0 aromatic carbocycles. The van der Waals surface area contributed by atoms with Gasteiger partial charge in [0.25, 0.3) is 5.91 Å². The highest BCUT2D eigenvalue weighted by molar-refractivity contribution is 5.93. The lowest BCUT2D eigenvalue weighted by Gasteiger charge is -2.13. The van der Waals surface area contributed by atoms with Crippen LogP contribution in [0, 0.1) is 0 Å². The van der Waals surface area contributed by atoms with Gasteiger partial charge in [0.1, 0.15) is 6.10 Å². The standard InChI is InChI=1S/C14H20N4O3/c15-8-11-3-4-12(21-11)14(20)18-7-6-17-13(19)10-2-1-5-16-9-10/h1-2,5,9,11-12H,3-4,6-8,15H2,(H,17,19)(H,18,20)/t11-,12+/m1/s1. The average molecular weight is 292 g/mol. The van der Waals surface area contributed by atoms with Crippen LogP contribution in [0.25, 0.3) is 0 Å². The topological polar surface area (TPSA) is 106 Å². The fourth-order valence-corrected chi connectivity index (χ4v) is 2.15. The fourth-order valence-electron chi connectivity index (χ4n) is 2.15. The Morgan fingerprint density at radius 3 is 2.81 bits per heavy atom. The van der Waals surface area contributed by atoms with Gasteiger partial charge in [-0.3, -0.25) is 14.6 Å². The molecule has 21 heavy (non-hydrogen) atoms. The number of carbonyl (C=O) groups excluding carboxylic acids is 2. The van der Waals surface area contributed by atoms with Crippen molar-refractivity contribution in [2.24, 2.45) is 5.73 Å². The first kappa shape index (κ1) is 15.4. The van der Waals surface area contributed by atoms with Gasteiger partial charge >= 0.3 is 0 Å². The first-order chi connectivity index (χ1) is 10.2. The Morgan fingerprint density at radius 1 is 1.33 bits per heavy atom. The highest BCUT2D eigenvalue weighted by Gasteiger charge is 2.29. The summed E-state index contributed by atoms with van der Waals surface area (Å²) in [4.78, 5) is 27.4. The van der Waals surface area contributed by atoms with E-state index in [1.807, 2.05) is 0 Å². The number of carbonyl (C=O) groups is 2. The lowest BCUT2D eigenvalue weighted by Crippen LogP contribution is -2.40. The number of nitrogens with zero attached hydrogens (tertiary/aromatic N) is 1. The van der Waals surface area contributed by atoms with Gasteiger partial charge in [0.05, 0.1) is 11.7 Å². The van der Waals surface area contributed by atoms with Crippen molar-refractivity contribution in [3.8, 4) is 0 Å². The van der Waals surface area contributed by atoms with E-state index in [2.05, 4.69) is 15.6 Å². The summed E-state index contributed by atoms with van der Waals surface area (Å²) in [5.41, 5.74) is 5.99. The Bertz CT molecular complexity index is 480. The lowest BCUT2D eigenvalue weighted by atomic mass is 10.2. The van der Waals surface area contributed by atoms with Gasteiger partial charge in [-0.1, -0.05) is 0 Å². The van der Waals surface area contributed by atoms with Crippen molar-refractivity contribution in [2.75, 3.05) is 19.6 Å². The molecule has 1 aliphatic rings. The molecule has 0 bridgehead atoms. The zero-order valence-electron chi connectivity index (χ0n) is 11.7. The zero-order valence-corrected chi connectivity index (χ0v) is 11.7. The van der Waals surface area contributed by atoms with Crippen molar-refractivity contribution in [1.29, 1.82) is 0 Å². The molecule has 0 spiro atoms. The monoisotopic (exact) mass is 292 g/mol. The fraction of sp³-hybridized carbons (Fsp3) is 0.500. The normalized spacial score (nSPS) is 21.0. The molecular formula is C14H20N4O3. The minimum Gasteiger partial charge on any atom is -0.364 e. The maximum absolute atomic E-state index is 11.8. The summed E-state index contributed by atoms with van der Waals surface area (Å²) in [5.74, 6) is -0.362. The van der Waals surface area contributed by atoms with Crippen LogP contribution in [0.5, 0.6) is 0 Å². The zero-order chi connectivity index (χ0) is 15.1. The van der Waals surface area contributed by atoms with Gasteiger partial charge in [0.15, 0.2) is 0 Å². The SMILES string of the molecule is NC[C@H]1CC[C@@H](C(=O)NCCNC(=O)c2cccnc2)O1. The maximum atomic E-state index is 11.8. The quantitative estimate of drug-likeness (QED) is 0.609. The third kappa shape index (κ3) is 4.51. The third-order valence-electron chi connectivity index (χ3n) is 3.30. The molecule has 7 nitrogen and oxygen atoms in total. The minimum atomic E-state index is -0.424. The van der Waals surface area contributed by atoms with Crippen LogP contribution in [-0.4, -0.2) is 48.6 Å². The summed E-state index contributed by atoms with van der Waals surface area (Å²) in [6, 6.07) is 3.38. The second kappa shape index (κ2) is 7.70. The largest absolute Gasteiger partial charge is 0.364 e. The summed E-state index contributed by atoms with van der Waals surface area (Å²) in [6.07, 6.45) is 4.15. The van der Waals surface area contributed by atoms with Gasteiger partial charge in [0.2, 0.25) is 5.91 Å². The van der Waals surface area contributed by atoms with Gasteiger partial charge < -0.3 is 21.1 Å². The van der Waals surface area contributed by atoms with Gasteiger partial charge in [-0.05, 0) is 25.0 Å². The number of nitrogens with two attached hydrogens (primary N) is 1. The van der Waals surface area contributed by atoms with Crippen LogP contribution in [0.2, 0.25) is 0 Å². The Kier molecular flexibility index (Phi) is 5.65. The number of ether oxygens (including phenoxy) is 1. The number of rotatable bonds is 6. The molecule has 0 saturated carbocycles. The highest BCUT2D eigenvalue weighted by atomic mass is 16.5. The Hall–Kier alpha value is -1.99. The molecule has 2 amide bonds. The average Bonchev–Trinajstić information content (AvgIpc) is 3.01. The van der Waals surface area contributed by atoms with Crippen LogP contribution in [0.4, 0.5) is 0 Å². The summed E-state index contributed by atoms with van der Waals surface area (Å²) in [5, 5.41) is 5.45. The molecule has 1 saturated heterocycles. The molecule has 2 atom stereocenters. The van der Waals surface area contributed by atoms with Crippen molar-refractivity contribution in [1.82, 2.24) is 15.6 Å². The van der Waals surface area contributed by atoms with Crippen LogP contribution in [0.15, 0.2) is 24.5 Å². The molecule has 7 heteroatoms. The molecule has 4 N–H and O–H groups in total. The number of aromatic nitrogens is 1. The second-order valence-electron chi connectivity index (χ2n) is 4.85. The van der Waals surface area contributed by atoms with E-state index < -0.39 is 6.10 Å². The van der Waals surface area contributed by atoms with Crippen molar-refractivity contribution in [3.05, 3.63) is 30.1 Å². The molecule has 114 valence electrons. The Labute approximate surface area is 123 Å². The smallest absolute Gasteiger partial charge is 0.252 e. The van der Waals surface area contributed by atoms with Crippen molar-refractivity contribution < 1.29 is 14.3 Å². The Balaban J connectivity index is 1.64. The molecule has 2 heterocycles. The number of pyridine rings is 1. The number of nitrogens with one attached hydrogen (secondary N) is 2. The number of hydrogen-bond donors (Lipinski definition) is 3. The lowest BCUT2D eigenvalue weighted by molar-refractivity contribution is -0.131. The van der Waals surface area contributed by atoms with E-state index in [-0.39, 0.29) is 17.9 Å². The predicted molar refractivity (Wildman–Crippen MR) is 76.5 cm³/mol. The second-order valence-corrected chi connectivity index (χ2v) is 4.85. The van der Waals surface area contributed by atoms with Gasteiger partial charge in [-0.15, -0.1) is 0 Å². The molecule has 1 aliphatic heterocycles. The molecule has 1 aromatic heterocycles. The minimum absolute atomic E-state index is 0.0222. The maximum Gasteiger partial charge on any atom is 0.252 e. The Morgan fingerprint density at radius 2 is 2.14 bits per heavy atom. The van der Waals surface area contributed by atoms with Crippen LogP contribution in [0.3, 0.4) is 0 Å². The molecule has 2 rings (SSSR count).